The predicted octanol–water partition coefficient (Wildman–Crippen LogP) is 5.19. The molecule has 0 spiro atoms. The molecule has 0 bridgehead atoms. The largest absolute Gasteiger partial charge is 0.454 e. The molecule has 6 heteroatoms. The van der Waals surface area contributed by atoms with Gasteiger partial charge in [0.2, 0.25) is 12.7 Å². The van der Waals surface area contributed by atoms with Gasteiger partial charge in [-0.05, 0) is 24.6 Å². The number of fused-ring (bicyclic) bond motifs is 2. The summed E-state index contributed by atoms with van der Waals surface area (Å²) < 4.78 is 16.8. The van der Waals surface area contributed by atoms with E-state index in [-0.39, 0.29) is 6.79 Å². The molecular weight excluding hydrogens is 348 g/mol. The van der Waals surface area contributed by atoms with Crippen LogP contribution in [0.2, 0.25) is 0 Å². The Bertz CT molecular complexity index is 1110. The number of thiophene rings is 1. The van der Waals surface area contributed by atoms with Crippen LogP contribution in [0, 0.1) is 6.92 Å². The molecule has 128 valence electrons. The van der Waals surface area contributed by atoms with E-state index in [1.54, 1.807) is 11.3 Å². The fourth-order valence-corrected chi connectivity index (χ4v) is 3.83. The van der Waals surface area contributed by atoms with Gasteiger partial charge in [-0.2, -0.15) is 0 Å². The highest BCUT2D eigenvalue weighted by Crippen LogP contribution is 2.41. The summed E-state index contributed by atoms with van der Waals surface area (Å²) in [7, 11) is 0. The monoisotopic (exact) mass is 362 g/mol. The maximum Gasteiger partial charge on any atom is 0.231 e. The van der Waals surface area contributed by atoms with Gasteiger partial charge < -0.3 is 14.2 Å². The van der Waals surface area contributed by atoms with Crippen LogP contribution in [0.5, 0.6) is 23.1 Å². The number of hydrogen-bond donors (Lipinski definition) is 0. The molecule has 0 radical (unpaired) electrons. The van der Waals surface area contributed by atoms with Gasteiger partial charge in [0.15, 0.2) is 11.5 Å². The average Bonchev–Trinajstić information content (AvgIpc) is 3.29. The molecule has 0 fully saturated rings. The highest BCUT2D eigenvalue weighted by Gasteiger charge is 2.17. The lowest BCUT2D eigenvalue weighted by atomic mass is 10.0. The van der Waals surface area contributed by atoms with Crippen LogP contribution in [0.15, 0.2) is 54.2 Å². The van der Waals surface area contributed by atoms with Gasteiger partial charge in [0.05, 0.1) is 5.39 Å². The lowest BCUT2D eigenvalue weighted by Crippen LogP contribution is -1.93. The molecular formula is C20H14N2O3S. The third kappa shape index (κ3) is 2.55. The molecule has 2 aromatic heterocycles. The van der Waals surface area contributed by atoms with Gasteiger partial charge >= 0.3 is 0 Å². The highest BCUT2D eigenvalue weighted by molar-refractivity contribution is 7.17. The lowest BCUT2D eigenvalue weighted by molar-refractivity contribution is 0.174. The fraction of sp³-hybridized carbons (Fsp3) is 0.100. The van der Waals surface area contributed by atoms with E-state index >= 15 is 0 Å². The molecule has 1 aliphatic heterocycles. The fourth-order valence-electron chi connectivity index (χ4n) is 2.92. The number of rotatable bonds is 3. The SMILES string of the molecule is Cc1ccc(-c2csc3ncnc(Oc4ccc5c(c4)OCO5)c23)cc1. The van der Waals surface area contributed by atoms with E-state index in [1.165, 1.54) is 11.9 Å². The zero-order valence-electron chi connectivity index (χ0n) is 13.9. The number of aromatic nitrogens is 2. The van der Waals surface area contributed by atoms with Crippen molar-refractivity contribution < 1.29 is 14.2 Å². The summed E-state index contributed by atoms with van der Waals surface area (Å²) in [5, 5.41) is 3.01. The van der Waals surface area contributed by atoms with Crippen LogP contribution in [-0.4, -0.2) is 16.8 Å². The molecule has 5 rings (SSSR count). The molecule has 4 aromatic rings. The molecule has 1 aliphatic rings. The van der Waals surface area contributed by atoms with E-state index in [9.17, 15) is 0 Å². The minimum atomic E-state index is 0.235. The van der Waals surface area contributed by atoms with Crippen molar-refractivity contribution in [2.45, 2.75) is 6.92 Å². The normalized spacial score (nSPS) is 12.5. The first-order valence-corrected chi connectivity index (χ1v) is 9.03. The third-order valence-corrected chi connectivity index (χ3v) is 5.14. The minimum absolute atomic E-state index is 0.235. The average molecular weight is 362 g/mol. The zero-order valence-corrected chi connectivity index (χ0v) is 14.7. The van der Waals surface area contributed by atoms with Crippen molar-refractivity contribution in [3.8, 4) is 34.3 Å². The van der Waals surface area contributed by atoms with Gasteiger partial charge in [-0.3, -0.25) is 0 Å². The maximum atomic E-state index is 6.08. The van der Waals surface area contributed by atoms with E-state index in [1.807, 2.05) is 18.2 Å². The Morgan fingerprint density at radius 1 is 1.00 bits per heavy atom. The van der Waals surface area contributed by atoms with Crippen molar-refractivity contribution in [2.24, 2.45) is 0 Å². The molecule has 0 atom stereocenters. The van der Waals surface area contributed by atoms with Crippen molar-refractivity contribution >= 4 is 21.6 Å². The minimum Gasteiger partial charge on any atom is -0.454 e. The molecule has 0 aliphatic carbocycles. The maximum absolute atomic E-state index is 6.08. The summed E-state index contributed by atoms with van der Waals surface area (Å²) in [5.41, 5.74) is 3.41. The highest BCUT2D eigenvalue weighted by atomic mass is 32.1. The summed E-state index contributed by atoms with van der Waals surface area (Å²) >= 11 is 1.58. The van der Waals surface area contributed by atoms with Gasteiger partial charge in [-0.1, -0.05) is 29.8 Å². The standard InChI is InChI=1S/C20H14N2O3S/c1-12-2-4-13(5-3-12)15-9-26-20-18(15)19(21-10-22-20)25-14-6-7-16-17(8-14)24-11-23-16/h2-10H,11H2,1H3. The quantitative estimate of drug-likeness (QED) is 0.502. The van der Waals surface area contributed by atoms with E-state index in [2.05, 4.69) is 46.5 Å². The van der Waals surface area contributed by atoms with Crippen molar-refractivity contribution in [2.75, 3.05) is 6.79 Å². The second-order valence-corrected chi connectivity index (χ2v) is 6.85. The topological polar surface area (TPSA) is 53.5 Å². The number of benzene rings is 2. The first kappa shape index (κ1) is 15.2. The van der Waals surface area contributed by atoms with Crippen molar-refractivity contribution in [3.63, 3.8) is 0 Å². The van der Waals surface area contributed by atoms with E-state index < -0.39 is 0 Å². The second-order valence-electron chi connectivity index (χ2n) is 5.99. The molecule has 0 unspecified atom stereocenters. The van der Waals surface area contributed by atoms with Crippen LogP contribution in [0.3, 0.4) is 0 Å². The van der Waals surface area contributed by atoms with E-state index in [0.717, 1.165) is 27.1 Å². The van der Waals surface area contributed by atoms with Gasteiger partial charge in [0, 0.05) is 17.0 Å². The molecule has 3 heterocycles. The molecule has 0 saturated heterocycles. The van der Waals surface area contributed by atoms with Crippen molar-refractivity contribution in [3.05, 3.63) is 59.7 Å². The van der Waals surface area contributed by atoms with Gasteiger partial charge in [-0.15, -0.1) is 11.3 Å². The first-order valence-electron chi connectivity index (χ1n) is 8.15. The molecule has 2 aromatic carbocycles. The van der Waals surface area contributed by atoms with Crippen LogP contribution < -0.4 is 14.2 Å². The Hall–Kier alpha value is -3.12. The Labute approximate surface area is 153 Å². The molecule has 0 N–H and O–H groups in total. The van der Waals surface area contributed by atoms with E-state index in [4.69, 9.17) is 14.2 Å². The van der Waals surface area contributed by atoms with Crippen LogP contribution in [0.1, 0.15) is 5.56 Å². The zero-order chi connectivity index (χ0) is 17.5. The number of hydrogen-bond acceptors (Lipinski definition) is 6. The number of nitrogens with zero attached hydrogens (tertiary/aromatic N) is 2. The summed E-state index contributed by atoms with van der Waals surface area (Å²) in [4.78, 5) is 9.66. The first-order chi connectivity index (χ1) is 12.8. The Balaban J connectivity index is 1.59. The van der Waals surface area contributed by atoms with Crippen LogP contribution in [0.25, 0.3) is 21.3 Å². The Kier molecular flexibility index (Phi) is 3.50. The third-order valence-electron chi connectivity index (χ3n) is 4.26. The smallest absolute Gasteiger partial charge is 0.231 e. The van der Waals surface area contributed by atoms with Gasteiger partial charge in [0.1, 0.15) is 16.9 Å². The van der Waals surface area contributed by atoms with E-state index in [0.29, 0.717) is 17.4 Å². The number of ether oxygens (including phenoxy) is 3. The summed E-state index contributed by atoms with van der Waals surface area (Å²) in [6.07, 6.45) is 1.53. The lowest BCUT2D eigenvalue weighted by Gasteiger charge is -2.08. The van der Waals surface area contributed by atoms with Crippen molar-refractivity contribution in [1.29, 1.82) is 0 Å². The predicted molar refractivity (Wildman–Crippen MR) is 100 cm³/mol. The van der Waals surface area contributed by atoms with Crippen LogP contribution >= 0.6 is 11.3 Å². The van der Waals surface area contributed by atoms with Crippen LogP contribution in [-0.2, 0) is 0 Å². The van der Waals surface area contributed by atoms with Crippen molar-refractivity contribution in [1.82, 2.24) is 9.97 Å². The molecule has 26 heavy (non-hydrogen) atoms. The summed E-state index contributed by atoms with van der Waals surface area (Å²) in [6.45, 7) is 2.31. The molecule has 0 saturated carbocycles. The van der Waals surface area contributed by atoms with Crippen LogP contribution in [0.4, 0.5) is 0 Å². The Morgan fingerprint density at radius 2 is 1.85 bits per heavy atom. The summed E-state index contributed by atoms with van der Waals surface area (Å²) in [6, 6.07) is 13.9. The summed E-state index contributed by atoms with van der Waals surface area (Å²) in [5.74, 6) is 2.58. The second kappa shape index (κ2) is 6.00. The molecule has 0 amide bonds. The van der Waals surface area contributed by atoms with Gasteiger partial charge in [-0.25, -0.2) is 9.97 Å². The Morgan fingerprint density at radius 3 is 2.73 bits per heavy atom. The number of aryl methyl sites for hydroxylation is 1. The van der Waals surface area contributed by atoms with Gasteiger partial charge in [0.25, 0.3) is 0 Å². The molecule has 5 nitrogen and oxygen atoms in total.